The number of hydrogen-bond donors (Lipinski definition) is 2. The van der Waals surface area contributed by atoms with Crippen LogP contribution in [0.4, 0.5) is 0 Å². The average molecular weight is 621 g/mol. The fourth-order valence-electron chi connectivity index (χ4n) is 5.74. The van der Waals surface area contributed by atoms with Crippen LogP contribution in [0.3, 0.4) is 0 Å². The third kappa shape index (κ3) is 5.99. The monoisotopic (exact) mass is 619 g/mol. The van der Waals surface area contributed by atoms with Crippen molar-refractivity contribution in [2.45, 2.75) is 50.2 Å². The second-order valence-corrected chi connectivity index (χ2v) is 14.8. The fourth-order valence-corrected chi connectivity index (χ4v) is 7.64. The summed E-state index contributed by atoms with van der Waals surface area (Å²) < 4.78 is 27.5. The van der Waals surface area contributed by atoms with Crippen molar-refractivity contribution in [3.8, 4) is 0 Å². The van der Waals surface area contributed by atoms with Crippen LogP contribution in [-0.4, -0.2) is 90.7 Å². The number of carbonyl (C=O) groups excluding carboxylic acids is 2. The Kier molecular flexibility index (Phi) is 8.17. The molecule has 3 heterocycles. The van der Waals surface area contributed by atoms with Crippen molar-refractivity contribution in [3.05, 3.63) is 64.3 Å². The minimum atomic E-state index is -3.81. The molecule has 2 saturated heterocycles. The van der Waals surface area contributed by atoms with Crippen LogP contribution in [0.1, 0.15) is 37.7 Å². The number of halogens is 2. The molecule has 0 radical (unpaired) electrons. The number of likely N-dealkylation sites (N-methyl/N-ethyl adjacent to an activating group) is 1. The number of piperazine rings is 1. The summed E-state index contributed by atoms with van der Waals surface area (Å²) >= 11 is 12.2. The first kappa shape index (κ1) is 29.8. The van der Waals surface area contributed by atoms with Gasteiger partial charge in [-0.05, 0) is 42.2 Å². The summed E-state index contributed by atoms with van der Waals surface area (Å²) in [5, 5.41) is 4.35. The summed E-state index contributed by atoms with van der Waals surface area (Å²) in [6.07, 6.45) is 0.815. The number of amides is 2. The SMILES string of the molecule is CN(CCN1C[C@@H]2C[C@H]1CN2C(=O)[C@@H](NC(=O)c1cc2ccccc2[nH]1)C(C)(C)C)S(=O)(=O)c1cc(Cl)ccc1Cl. The lowest BCUT2D eigenvalue weighted by Gasteiger charge is -2.39. The first-order valence-electron chi connectivity index (χ1n) is 13.6. The van der Waals surface area contributed by atoms with E-state index in [9.17, 15) is 18.0 Å². The first-order chi connectivity index (χ1) is 19.3. The maximum Gasteiger partial charge on any atom is 0.268 e. The highest BCUT2D eigenvalue weighted by molar-refractivity contribution is 7.89. The van der Waals surface area contributed by atoms with Gasteiger partial charge in [-0.15, -0.1) is 0 Å². The summed E-state index contributed by atoms with van der Waals surface area (Å²) in [5.74, 6) is -0.408. The number of para-hydroxylation sites is 1. The number of benzene rings is 2. The number of H-pyrrole nitrogens is 1. The second-order valence-electron chi connectivity index (χ2n) is 12.0. The smallest absolute Gasteiger partial charge is 0.268 e. The number of nitrogens with zero attached hydrogens (tertiary/aromatic N) is 3. The molecule has 9 nitrogen and oxygen atoms in total. The minimum absolute atomic E-state index is 0.00613. The number of aromatic amines is 1. The van der Waals surface area contributed by atoms with Crippen molar-refractivity contribution >= 4 is 55.9 Å². The molecule has 0 saturated carbocycles. The highest BCUT2D eigenvalue weighted by atomic mass is 35.5. The van der Waals surface area contributed by atoms with E-state index in [1.165, 1.54) is 23.5 Å². The first-order valence-corrected chi connectivity index (χ1v) is 15.8. The Labute approximate surface area is 250 Å². The topological polar surface area (TPSA) is 106 Å². The van der Waals surface area contributed by atoms with Crippen LogP contribution in [0.2, 0.25) is 10.0 Å². The molecule has 1 aromatic heterocycles. The number of sulfonamides is 1. The Hall–Kier alpha value is -2.63. The third-order valence-corrected chi connectivity index (χ3v) is 10.7. The Morgan fingerprint density at radius 2 is 1.83 bits per heavy atom. The van der Waals surface area contributed by atoms with E-state index in [1.54, 1.807) is 12.1 Å². The summed E-state index contributed by atoms with van der Waals surface area (Å²) in [5.41, 5.74) is 0.779. The fraction of sp³-hybridized carbons (Fsp3) is 0.448. The van der Waals surface area contributed by atoms with Crippen molar-refractivity contribution in [1.82, 2.24) is 24.4 Å². The van der Waals surface area contributed by atoms with E-state index < -0.39 is 21.5 Å². The van der Waals surface area contributed by atoms with E-state index in [1.807, 2.05) is 49.9 Å². The van der Waals surface area contributed by atoms with E-state index in [2.05, 4.69) is 15.2 Å². The number of nitrogens with one attached hydrogen (secondary N) is 2. The summed E-state index contributed by atoms with van der Waals surface area (Å²) in [6, 6.07) is 13.3. The Morgan fingerprint density at radius 3 is 2.49 bits per heavy atom. The zero-order valence-corrected chi connectivity index (χ0v) is 25.9. The van der Waals surface area contributed by atoms with Gasteiger partial charge in [-0.3, -0.25) is 14.5 Å². The molecule has 2 bridgehead atoms. The number of carbonyl (C=O) groups is 2. The molecule has 2 aromatic carbocycles. The molecule has 3 atom stereocenters. The van der Waals surface area contributed by atoms with Gasteiger partial charge < -0.3 is 15.2 Å². The number of fused-ring (bicyclic) bond motifs is 3. The van der Waals surface area contributed by atoms with E-state index in [0.29, 0.717) is 30.4 Å². The standard InChI is InChI=1S/C29H35Cl2N5O4S/c1-29(2,3)26(33-27(37)24-13-18-7-5-6-8-23(18)32-24)28(38)36-17-20-15-21(36)16-35(20)12-11-34(4)41(39,40)25-14-19(30)9-10-22(25)31/h5-10,13-14,20-21,26,32H,11-12,15-17H2,1-4H3,(H,33,37)/t20-,21-,26+/m0/s1. The molecule has 2 N–H and O–H groups in total. The molecule has 0 unspecified atom stereocenters. The molecule has 0 spiro atoms. The van der Waals surface area contributed by atoms with Gasteiger partial charge in [0.15, 0.2) is 0 Å². The van der Waals surface area contributed by atoms with Crippen LogP contribution < -0.4 is 5.32 Å². The van der Waals surface area contributed by atoms with Gasteiger partial charge in [0.1, 0.15) is 16.6 Å². The Balaban J connectivity index is 1.21. The molecule has 2 aliphatic heterocycles. The van der Waals surface area contributed by atoms with Gasteiger partial charge in [0.25, 0.3) is 5.91 Å². The molecular weight excluding hydrogens is 585 g/mol. The van der Waals surface area contributed by atoms with Crippen molar-refractivity contribution in [2.24, 2.45) is 5.41 Å². The summed E-state index contributed by atoms with van der Waals surface area (Å²) in [6.45, 7) is 7.83. The van der Waals surface area contributed by atoms with Crippen molar-refractivity contribution in [3.63, 3.8) is 0 Å². The molecule has 3 aromatic rings. The Bertz CT molecular complexity index is 1550. The molecule has 12 heteroatoms. The maximum atomic E-state index is 13.8. The third-order valence-electron chi connectivity index (χ3n) is 8.08. The lowest BCUT2D eigenvalue weighted by atomic mass is 9.85. The maximum absolute atomic E-state index is 13.8. The highest BCUT2D eigenvalue weighted by Crippen LogP contribution is 2.34. The van der Waals surface area contributed by atoms with Crippen LogP contribution in [-0.2, 0) is 14.8 Å². The summed E-state index contributed by atoms with van der Waals surface area (Å²) in [7, 11) is -2.28. The molecule has 2 aliphatic rings. The van der Waals surface area contributed by atoms with Crippen LogP contribution in [0.5, 0.6) is 0 Å². The number of hydrogen-bond acceptors (Lipinski definition) is 5. The second kappa shape index (κ2) is 11.2. The molecule has 2 amide bonds. The molecule has 5 rings (SSSR count). The average Bonchev–Trinajstić information content (AvgIpc) is 3.64. The van der Waals surface area contributed by atoms with Gasteiger partial charge in [-0.1, -0.05) is 62.2 Å². The zero-order chi connectivity index (χ0) is 29.7. The normalized spacial score (nSPS) is 20.2. The van der Waals surface area contributed by atoms with Crippen molar-refractivity contribution < 1.29 is 18.0 Å². The van der Waals surface area contributed by atoms with Gasteiger partial charge in [0, 0.05) is 61.2 Å². The van der Waals surface area contributed by atoms with Crippen molar-refractivity contribution in [1.29, 1.82) is 0 Å². The highest BCUT2D eigenvalue weighted by Gasteiger charge is 2.48. The van der Waals surface area contributed by atoms with E-state index >= 15 is 0 Å². The molecule has 41 heavy (non-hydrogen) atoms. The van der Waals surface area contributed by atoms with Gasteiger partial charge >= 0.3 is 0 Å². The Morgan fingerprint density at radius 1 is 1.10 bits per heavy atom. The van der Waals surface area contributed by atoms with Gasteiger partial charge in [0.2, 0.25) is 15.9 Å². The van der Waals surface area contributed by atoms with Crippen molar-refractivity contribution in [2.75, 3.05) is 33.2 Å². The summed E-state index contributed by atoms with van der Waals surface area (Å²) in [4.78, 5) is 34.2. The number of rotatable bonds is 8. The lowest BCUT2D eigenvalue weighted by molar-refractivity contribution is -0.138. The molecular formula is C29H35Cl2N5O4S. The van der Waals surface area contributed by atoms with Crippen LogP contribution in [0, 0.1) is 5.41 Å². The number of likely N-dealkylation sites (tertiary alicyclic amines) is 2. The zero-order valence-electron chi connectivity index (χ0n) is 23.5. The molecule has 220 valence electrons. The molecule has 2 fully saturated rings. The van der Waals surface area contributed by atoms with Crippen LogP contribution in [0.15, 0.2) is 53.4 Å². The predicted octanol–water partition coefficient (Wildman–Crippen LogP) is 4.23. The van der Waals surface area contributed by atoms with Crippen LogP contribution in [0.25, 0.3) is 10.9 Å². The lowest BCUT2D eigenvalue weighted by Crippen LogP contribution is -2.59. The number of aromatic nitrogens is 1. The van der Waals surface area contributed by atoms with E-state index in [0.717, 1.165) is 17.3 Å². The van der Waals surface area contributed by atoms with Gasteiger partial charge in [-0.2, -0.15) is 4.31 Å². The van der Waals surface area contributed by atoms with Gasteiger partial charge in [-0.25, -0.2) is 8.42 Å². The minimum Gasteiger partial charge on any atom is -0.351 e. The quantitative estimate of drug-likeness (QED) is 0.393. The predicted molar refractivity (Wildman–Crippen MR) is 161 cm³/mol. The van der Waals surface area contributed by atoms with E-state index in [4.69, 9.17) is 23.2 Å². The van der Waals surface area contributed by atoms with E-state index in [-0.39, 0.29) is 40.4 Å². The molecule has 0 aliphatic carbocycles. The van der Waals surface area contributed by atoms with Crippen LogP contribution >= 0.6 is 23.2 Å². The van der Waals surface area contributed by atoms with Gasteiger partial charge in [0.05, 0.1) is 5.02 Å². The largest absolute Gasteiger partial charge is 0.351 e.